The molecule has 24 heavy (non-hydrogen) atoms. The molecule has 0 unspecified atom stereocenters. The van der Waals surface area contributed by atoms with E-state index >= 15 is 0 Å². The maximum absolute atomic E-state index is 12.5. The number of anilines is 1. The molecule has 2 aromatic rings. The van der Waals surface area contributed by atoms with Crippen molar-refractivity contribution in [1.29, 1.82) is 0 Å². The molecule has 1 aromatic carbocycles. The molecule has 0 fully saturated rings. The molecule has 2 amide bonds. The van der Waals surface area contributed by atoms with Crippen LogP contribution in [0.2, 0.25) is 5.02 Å². The van der Waals surface area contributed by atoms with Crippen LogP contribution in [0.1, 0.15) is 5.82 Å². The van der Waals surface area contributed by atoms with Crippen LogP contribution in [0.4, 0.5) is 10.5 Å². The van der Waals surface area contributed by atoms with Crippen LogP contribution < -0.4 is 20.5 Å². The molecule has 10 heteroatoms. The molecule has 0 saturated carbocycles. The monoisotopic (exact) mass is 351 g/mol. The van der Waals surface area contributed by atoms with Gasteiger partial charge in [0.05, 0.1) is 17.3 Å². The minimum atomic E-state index is -0.324. The molecule has 3 heterocycles. The fraction of sp³-hybridized carbons (Fsp3) is 0.357. The van der Waals surface area contributed by atoms with Crippen LogP contribution in [0.5, 0.6) is 11.5 Å². The van der Waals surface area contributed by atoms with Crippen molar-refractivity contribution < 1.29 is 14.3 Å². The minimum absolute atomic E-state index is 0.243. The fourth-order valence-electron chi connectivity index (χ4n) is 2.70. The number of rotatable bonds is 1. The number of halogens is 1. The van der Waals surface area contributed by atoms with Crippen molar-refractivity contribution in [3.63, 3.8) is 0 Å². The van der Waals surface area contributed by atoms with E-state index in [1.807, 2.05) is 0 Å². The van der Waals surface area contributed by atoms with Crippen molar-refractivity contribution in [2.24, 2.45) is 0 Å². The van der Waals surface area contributed by atoms with Gasteiger partial charge in [-0.2, -0.15) is 5.10 Å². The predicted octanol–water partition coefficient (Wildman–Crippen LogP) is 1.04. The molecular weight excluding hydrogens is 338 g/mol. The van der Waals surface area contributed by atoms with E-state index in [1.165, 1.54) is 4.57 Å². The number of nitrogens with zero attached hydrogens (tertiary/aromatic N) is 3. The predicted molar refractivity (Wildman–Crippen MR) is 84.7 cm³/mol. The van der Waals surface area contributed by atoms with Crippen LogP contribution in [0.3, 0.4) is 0 Å². The van der Waals surface area contributed by atoms with E-state index in [9.17, 15) is 9.59 Å². The SMILES string of the molecule is O=C(Nc1cc2c(cc1Cl)OCCO2)N1CCn2c(n[nH]c2=O)C1. The van der Waals surface area contributed by atoms with E-state index in [1.54, 1.807) is 17.0 Å². The molecule has 2 aliphatic heterocycles. The summed E-state index contributed by atoms with van der Waals surface area (Å²) in [7, 11) is 0. The minimum Gasteiger partial charge on any atom is -0.486 e. The molecule has 4 rings (SSSR count). The van der Waals surface area contributed by atoms with Crippen LogP contribution in [0.25, 0.3) is 0 Å². The Kier molecular flexibility index (Phi) is 3.57. The van der Waals surface area contributed by atoms with Gasteiger partial charge in [-0.15, -0.1) is 0 Å². The number of urea groups is 1. The van der Waals surface area contributed by atoms with Crippen molar-refractivity contribution in [3.05, 3.63) is 33.5 Å². The molecule has 2 N–H and O–H groups in total. The Hall–Kier alpha value is -2.68. The summed E-state index contributed by atoms with van der Waals surface area (Å²) in [5.74, 6) is 1.62. The second kappa shape index (κ2) is 5.75. The number of amides is 2. The topological polar surface area (TPSA) is 101 Å². The number of hydrogen-bond donors (Lipinski definition) is 2. The van der Waals surface area contributed by atoms with E-state index < -0.39 is 0 Å². The van der Waals surface area contributed by atoms with Gasteiger partial charge in [-0.3, -0.25) is 4.57 Å². The molecule has 2 aliphatic rings. The first-order valence-electron chi connectivity index (χ1n) is 7.41. The summed E-state index contributed by atoms with van der Waals surface area (Å²) in [4.78, 5) is 25.5. The lowest BCUT2D eigenvalue weighted by Gasteiger charge is -2.27. The molecule has 0 aliphatic carbocycles. The zero-order chi connectivity index (χ0) is 16.7. The molecule has 126 valence electrons. The summed E-state index contributed by atoms with van der Waals surface area (Å²) in [5.41, 5.74) is 0.177. The van der Waals surface area contributed by atoms with Crippen LogP contribution in [-0.2, 0) is 13.1 Å². The summed E-state index contributed by atoms with van der Waals surface area (Å²) in [5, 5.41) is 9.42. The van der Waals surface area contributed by atoms with Crippen LogP contribution in [0.15, 0.2) is 16.9 Å². The number of carbonyl (C=O) groups is 1. The van der Waals surface area contributed by atoms with Gasteiger partial charge < -0.3 is 19.7 Å². The van der Waals surface area contributed by atoms with Crippen LogP contribution in [0, 0.1) is 0 Å². The molecule has 0 bridgehead atoms. The second-order valence-corrected chi connectivity index (χ2v) is 5.83. The van der Waals surface area contributed by atoms with Gasteiger partial charge in [-0.1, -0.05) is 11.6 Å². The van der Waals surface area contributed by atoms with Gasteiger partial charge in [0.1, 0.15) is 13.2 Å². The van der Waals surface area contributed by atoms with E-state index in [4.69, 9.17) is 21.1 Å². The molecular formula is C14H14ClN5O4. The van der Waals surface area contributed by atoms with Gasteiger partial charge in [-0.25, -0.2) is 14.7 Å². The first kappa shape index (κ1) is 14.9. The lowest BCUT2D eigenvalue weighted by atomic mass is 10.2. The standard InChI is InChI=1S/C14H14ClN5O4/c15-8-5-10-11(24-4-3-23-10)6-9(8)16-13(21)19-1-2-20-12(7-19)17-18-14(20)22/h5-6H,1-4,7H2,(H,16,21)(H,18,22). The first-order valence-corrected chi connectivity index (χ1v) is 7.79. The van der Waals surface area contributed by atoms with Gasteiger partial charge in [0.2, 0.25) is 0 Å². The van der Waals surface area contributed by atoms with Crippen molar-refractivity contribution in [1.82, 2.24) is 19.7 Å². The van der Waals surface area contributed by atoms with Crippen LogP contribution in [-0.4, -0.2) is 45.5 Å². The first-order chi connectivity index (χ1) is 11.6. The third-order valence-electron chi connectivity index (χ3n) is 3.92. The molecule has 0 radical (unpaired) electrons. The van der Waals surface area contributed by atoms with Crippen molar-refractivity contribution in [3.8, 4) is 11.5 Å². The summed E-state index contributed by atoms with van der Waals surface area (Å²) in [6.45, 7) is 1.96. The highest BCUT2D eigenvalue weighted by Gasteiger charge is 2.24. The number of aromatic amines is 1. The average Bonchev–Trinajstić information content (AvgIpc) is 2.96. The lowest BCUT2D eigenvalue weighted by Crippen LogP contribution is -2.42. The summed E-state index contributed by atoms with van der Waals surface area (Å²) in [6.07, 6.45) is 0. The van der Waals surface area contributed by atoms with Gasteiger partial charge >= 0.3 is 11.7 Å². The fourth-order valence-corrected chi connectivity index (χ4v) is 2.90. The third-order valence-corrected chi connectivity index (χ3v) is 4.24. The maximum Gasteiger partial charge on any atom is 0.343 e. The van der Waals surface area contributed by atoms with Crippen molar-refractivity contribution >= 4 is 23.3 Å². The van der Waals surface area contributed by atoms with Crippen molar-refractivity contribution in [2.75, 3.05) is 25.1 Å². The highest BCUT2D eigenvalue weighted by atomic mass is 35.5. The Morgan fingerprint density at radius 3 is 2.79 bits per heavy atom. The smallest absolute Gasteiger partial charge is 0.343 e. The largest absolute Gasteiger partial charge is 0.486 e. The maximum atomic E-state index is 12.5. The Morgan fingerprint density at radius 1 is 1.25 bits per heavy atom. The van der Waals surface area contributed by atoms with E-state index in [0.717, 1.165) is 0 Å². The lowest BCUT2D eigenvalue weighted by molar-refractivity contribution is 0.171. The number of H-pyrrole nitrogens is 1. The molecule has 0 atom stereocenters. The zero-order valence-electron chi connectivity index (χ0n) is 12.5. The molecule has 0 saturated heterocycles. The normalized spacial score (nSPS) is 15.8. The Morgan fingerprint density at radius 2 is 2.00 bits per heavy atom. The Bertz CT molecular complexity index is 861. The van der Waals surface area contributed by atoms with E-state index in [0.29, 0.717) is 54.3 Å². The van der Waals surface area contributed by atoms with E-state index in [-0.39, 0.29) is 18.3 Å². The van der Waals surface area contributed by atoms with Gasteiger partial charge in [-0.05, 0) is 0 Å². The quantitative estimate of drug-likeness (QED) is 0.799. The zero-order valence-corrected chi connectivity index (χ0v) is 13.3. The number of hydrogen-bond acceptors (Lipinski definition) is 5. The van der Waals surface area contributed by atoms with Gasteiger partial charge in [0.25, 0.3) is 0 Å². The van der Waals surface area contributed by atoms with Gasteiger partial charge in [0, 0.05) is 25.2 Å². The molecule has 9 nitrogen and oxygen atoms in total. The number of carbonyl (C=O) groups excluding carboxylic acids is 1. The third kappa shape index (κ3) is 2.56. The molecule has 1 aromatic heterocycles. The van der Waals surface area contributed by atoms with Gasteiger partial charge in [0.15, 0.2) is 17.3 Å². The molecule has 0 spiro atoms. The summed E-state index contributed by atoms with van der Waals surface area (Å²) in [6, 6.07) is 2.94. The highest BCUT2D eigenvalue weighted by molar-refractivity contribution is 6.34. The summed E-state index contributed by atoms with van der Waals surface area (Å²) < 4.78 is 12.5. The number of benzene rings is 1. The number of fused-ring (bicyclic) bond motifs is 2. The number of nitrogens with one attached hydrogen (secondary N) is 2. The number of ether oxygens (including phenoxy) is 2. The number of aromatic nitrogens is 3. The Balaban J connectivity index is 1.51. The average molecular weight is 352 g/mol. The highest BCUT2D eigenvalue weighted by Crippen LogP contribution is 2.38. The second-order valence-electron chi connectivity index (χ2n) is 5.42. The van der Waals surface area contributed by atoms with Crippen LogP contribution >= 0.6 is 11.6 Å². The van der Waals surface area contributed by atoms with E-state index in [2.05, 4.69) is 15.5 Å². The Labute approximate surface area is 141 Å². The summed E-state index contributed by atoms with van der Waals surface area (Å²) >= 11 is 6.20. The van der Waals surface area contributed by atoms with Crippen molar-refractivity contribution in [2.45, 2.75) is 13.1 Å².